The Morgan fingerprint density at radius 3 is 2.50 bits per heavy atom. The number of primary amides is 1. The lowest BCUT2D eigenvalue weighted by atomic mass is 10.1. The number of amides is 1. The van der Waals surface area contributed by atoms with Gasteiger partial charge in [-0.2, -0.15) is 0 Å². The molecule has 14 heavy (non-hydrogen) atoms. The van der Waals surface area contributed by atoms with Crippen molar-refractivity contribution in [1.29, 1.82) is 0 Å². The first kappa shape index (κ1) is 11.5. The molecule has 4 N–H and O–H groups in total. The Kier molecular flexibility index (Phi) is 4.90. The normalized spacial score (nSPS) is 20.6. The van der Waals surface area contributed by atoms with Gasteiger partial charge < -0.3 is 16.4 Å². The number of hydrogen-bond acceptors (Lipinski definition) is 3. The molecule has 1 saturated heterocycles. The predicted molar refractivity (Wildman–Crippen MR) is 56.7 cm³/mol. The van der Waals surface area contributed by atoms with Crippen molar-refractivity contribution >= 4 is 5.91 Å². The third kappa shape index (κ3) is 4.58. The van der Waals surface area contributed by atoms with Gasteiger partial charge in [-0.25, -0.2) is 0 Å². The topological polar surface area (TPSA) is 72.3 Å². The largest absolute Gasteiger partial charge is 0.370 e. The van der Waals surface area contributed by atoms with Crippen molar-refractivity contribution in [2.45, 2.75) is 38.1 Å². The Hall–Kier alpha value is -0.610. The van der Waals surface area contributed by atoms with Crippen LogP contribution in [0.2, 0.25) is 0 Å². The predicted octanol–water partition coefficient (Wildman–Crippen LogP) is 0.0651. The van der Waals surface area contributed by atoms with Gasteiger partial charge >= 0.3 is 0 Å². The standard InChI is InChI=1S/C10H21N3O/c11-9(4-5-10(12)14)8-13-6-2-1-3-7-13/h9H,1-8,11H2,(H2,12,14). The Morgan fingerprint density at radius 1 is 1.29 bits per heavy atom. The third-order valence-corrected chi connectivity index (χ3v) is 2.70. The van der Waals surface area contributed by atoms with Gasteiger partial charge in [0.1, 0.15) is 0 Å². The van der Waals surface area contributed by atoms with Crippen LogP contribution in [-0.4, -0.2) is 36.5 Å². The van der Waals surface area contributed by atoms with E-state index < -0.39 is 0 Å². The second kappa shape index (κ2) is 5.98. The Balaban J connectivity index is 2.11. The molecule has 1 aliphatic rings. The lowest BCUT2D eigenvalue weighted by Gasteiger charge is -2.28. The molecule has 4 heteroatoms. The van der Waals surface area contributed by atoms with Crippen LogP contribution in [0.4, 0.5) is 0 Å². The summed E-state index contributed by atoms with van der Waals surface area (Å²) in [5, 5.41) is 0. The van der Waals surface area contributed by atoms with Gasteiger partial charge in [0.05, 0.1) is 0 Å². The average Bonchev–Trinajstić information content (AvgIpc) is 2.16. The maximum Gasteiger partial charge on any atom is 0.217 e. The minimum atomic E-state index is -0.251. The molecule has 4 nitrogen and oxygen atoms in total. The summed E-state index contributed by atoms with van der Waals surface area (Å²) in [6.45, 7) is 3.22. The molecule has 1 unspecified atom stereocenters. The first-order chi connectivity index (χ1) is 6.68. The summed E-state index contributed by atoms with van der Waals surface area (Å²) in [5.41, 5.74) is 11.0. The number of piperidine rings is 1. The monoisotopic (exact) mass is 199 g/mol. The molecular formula is C10H21N3O. The minimum Gasteiger partial charge on any atom is -0.370 e. The number of nitrogens with zero attached hydrogens (tertiary/aromatic N) is 1. The van der Waals surface area contributed by atoms with Crippen LogP contribution in [0.1, 0.15) is 32.1 Å². The van der Waals surface area contributed by atoms with E-state index in [1.165, 1.54) is 19.3 Å². The first-order valence-corrected chi connectivity index (χ1v) is 5.44. The van der Waals surface area contributed by atoms with E-state index in [9.17, 15) is 4.79 Å². The van der Waals surface area contributed by atoms with Crippen LogP contribution in [0, 0.1) is 0 Å². The number of rotatable bonds is 5. The second-order valence-corrected chi connectivity index (χ2v) is 4.13. The molecule has 0 aliphatic carbocycles. The number of likely N-dealkylation sites (tertiary alicyclic amines) is 1. The number of carbonyl (C=O) groups is 1. The lowest BCUT2D eigenvalue weighted by Crippen LogP contribution is -2.40. The van der Waals surface area contributed by atoms with Crippen LogP contribution in [0.5, 0.6) is 0 Å². The maximum atomic E-state index is 10.5. The quantitative estimate of drug-likeness (QED) is 0.658. The van der Waals surface area contributed by atoms with E-state index >= 15 is 0 Å². The van der Waals surface area contributed by atoms with Crippen molar-refractivity contribution in [2.75, 3.05) is 19.6 Å². The molecule has 0 spiro atoms. The Labute approximate surface area is 85.6 Å². The van der Waals surface area contributed by atoms with E-state index in [4.69, 9.17) is 11.5 Å². The summed E-state index contributed by atoms with van der Waals surface area (Å²) >= 11 is 0. The molecule has 0 aromatic heterocycles. The summed E-state index contributed by atoms with van der Waals surface area (Å²) in [6.07, 6.45) is 5.03. The zero-order valence-corrected chi connectivity index (χ0v) is 8.74. The highest BCUT2D eigenvalue weighted by molar-refractivity contribution is 5.73. The molecule has 1 fully saturated rings. The number of nitrogens with two attached hydrogens (primary N) is 2. The highest BCUT2D eigenvalue weighted by Crippen LogP contribution is 2.09. The summed E-state index contributed by atoms with van der Waals surface area (Å²) in [7, 11) is 0. The highest BCUT2D eigenvalue weighted by atomic mass is 16.1. The molecule has 0 aromatic carbocycles. The molecule has 1 aliphatic heterocycles. The molecule has 0 saturated carbocycles. The van der Waals surface area contributed by atoms with Crippen molar-refractivity contribution in [3.05, 3.63) is 0 Å². The van der Waals surface area contributed by atoms with E-state index in [1.807, 2.05) is 0 Å². The fourth-order valence-electron chi connectivity index (χ4n) is 1.89. The SMILES string of the molecule is NC(=O)CCC(N)CN1CCCCC1. The summed E-state index contributed by atoms with van der Waals surface area (Å²) < 4.78 is 0. The second-order valence-electron chi connectivity index (χ2n) is 4.13. The van der Waals surface area contributed by atoms with Crippen LogP contribution in [0.3, 0.4) is 0 Å². The van der Waals surface area contributed by atoms with E-state index in [2.05, 4.69) is 4.90 Å². The van der Waals surface area contributed by atoms with Crippen LogP contribution in [0.15, 0.2) is 0 Å². The van der Waals surface area contributed by atoms with Crippen LogP contribution >= 0.6 is 0 Å². The van der Waals surface area contributed by atoms with Gasteiger partial charge in [0.15, 0.2) is 0 Å². The lowest BCUT2D eigenvalue weighted by molar-refractivity contribution is -0.118. The molecule has 0 radical (unpaired) electrons. The van der Waals surface area contributed by atoms with Gasteiger partial charge in [0, 0.05) is 19.0 Å². The summed E-state index contributed by atoms with van der Waals surface area (Å²) in [4.78, 5) is 12.9. The molecule has 1 rings (SSSR count). The van der Waals surface area contributed by atoms with E-state index in [1.54, 1.807) is 0 Å². The fraction of sp³-hybridized carbons (Fsp3) is 0.900. The van der Waals surface area contributed by atoms with Crippen LogP contribution in [-0.2, 0) is 4.79 Å². The van der Waals surface area contributed by atoms with Crippen molar-refractivity contribution in [3.63, 3.8) is 0 Å². The minimum absolute atomic E-state index is 0.0978. The molecule has 0 bridgehead atoms. The van der Waals surface area contributed by atoms with Crippen LogP contribution < -0.4 is 11.5 Å². The van der Waals surface area contributed by atoms with Gasteiger partial charge in [-0.1, -0.05) is 6.42 Å². The zero-order chi connectivity index (χ0) is 10.4. The third-order valence-electron chi connectivity index (χ3n) is 2.70. The number of carbonyl (C=O) groups excluding carboxylic acids is 1. The van der Waals surface area contributed by atoms with Crippen molar-refractivity contribution in [3.8, 4) is 0 Å². The van der Waals surface area contributed by atoms with Crippen molar-refractivity contribution < 1.29 is 4.79 Å². The highest BCUT2D eigenvalue weighted by Gasteiger charge is 2.13. The summed E-state index contributed by atoms with van der Waals surface area (Å²) in [5.74, 6) is -0.251. The molecule has 1 amide bonds. The van der Waals surface area contributed by atoms with Gasteiger partial charge in [0.25, 0.3) is 0 Å². The van der Waals surface area contributed by atoms with Crippen molar-refractivity contribution in [1.82, 2.24) is 4.90 Å². The van der Waals surface area contributed by atoms with Gasteiger partial charge in [0.2, 0.25) is 5.91 Å². The average molecular weight is 199 g/mol. The van der Waals surface area contributed by atoms with Gasteiger partial charge in [-0.15, -0.1) is 0 Å². The smallest absolute Gasteiger partial charge is 0.217 e. The Bertz CT molecular complexity index is 178. The molecular weight excluding hydrogens is 178 g/mol. The van der Waals surface area contributed by atoms with E-state index in [-0.39, 0.29) is 11.9 Å². The number of hydrogen-bond donors (Lipinski definition) is 2. The Morgan fingerprint density at radius 2 is 1.93 bits per heavy atom. The fourth-order valence-corrected chi connectivity index (χ4v) is 1.89. The van der Waals surface area contributed by atoms with Crippen LogP contribution in [0.25, 0.3) is 0 Å². The van der Waals surface area contributed by atoms with E-state index in [0.717, 1.165) is 19.6 Å². The maximum absolute atomic E-state index is 10.5. The van der Waals surface area contributed by atoms with E-state index in [0.29, 0.717) is 12.8 Å². The first-order valence-electron chi connectivity index (χ1n) is 5.44. The van der Waals surface area contributed by atoms with Gasteiger partial charge in [-0.05, 0) is 32.4 Å². The van der Waals surface area contributed by atoms with Gasteiger partial charge in [-0.3, -0.25) is 4.79 Å². The molecule has 82 valence electrons. The molecule has 0 aromatic rings. The summed E-state index contributed by atoms with van der Waals surface area (Å²) in [6, 6.07) is 0.0978. The van der Waals surface area contributed by atoms with Crippen molar-refractivity contribution in [2.24, 2.45) is 11.5 Å². The molecule has 1 atom stereocenters. The zero-order valence-electron chi connectivity index (χ0n) is 8.74. The molecule has 1 heterocycles.